The standard InChI is InChI=1S/C25H24N2O9/c1-8-18(29)10-6-11-16-14-15(19(30)9(2)24(36-5)22(14)33)20(31)17(26(16)3)25(34)27(11)12(7-28)13(10)21(32)23(8)35-4/h6,12,16-17,28,30,33H,7H2,1-5H3/t12-,16+,17-/m0/s1. The summed E-state index contributed by atoms with van der Waals surface area (Å²) in [6.45, 7) is 2.20. The minimum atomic E-state index is -1.40. The van der Waals surface area contributed by atoms with Gasteiger partial charge in [-0.05, 0) is 27.0 Å². The van der Waals surface area contributed by atoms with Gasteiger partial charge >= 0.3 is 0 Å². The van der Waals surface area contributed by atoms with Gasteiger partial charge in [0.15, 0.2) is 34.9 Å². The molecule has 1 aromatic carbocycles. The predicted octanol–water partition coefficient (Wildman–Crippen LogP) is 0.422. The molecule has 1 fully saturated rings. The Morgan fingerprint density at radius 3 is 2.22 bits per heavy atom. The number of fused-ring (bicyclic) bond motifs is 6. The van der Waals surface area contributed by atoms with Gasteiger partial charge in [-0.25, -0.2) is 0 Å². The van der Waals surface area contributed by atoms with Crippen LogP contribution >= 0.6 is 0 Å². The maximum Gasteiger partial charge on any atom is 0.252 e. The van der Waals surface area contributed by atoms with Crippen LogP contribution in [0.2, 0.25) is 0 Å². The van der Waals surface area contributed by atoms with E-state index in [2.05, 4.69) is 0 Å². The Kier molecular flexibility index (Phi) is 5.13. The number of amides is 1. The second-order valence-corrected chi connectivity index (χ2v) is 9.10. The smallest absolute Gasteiger partial charge is 0.252 e. The summed E-state index contributed by atoms with van der Waals surface area (Å²) in [6, 6.07) is -3.65. The Labute approximate surface area is 205 Å². The molecule has 1 aromatic rings. The van der Waals surface area contributed by atoms with Gasteiger partial charge in [-0.1, -0.05) is 0 Å². The molecule has 5 rings (SSSR count). The molecule has 3 heterocycles. The number of aliphatic hydroxyl groups is 1. The second kappa shape index (κ2) is 7.77. The number of phenolic OH excluding ortho intramolecular Hbond substituents is 2. The Hall–Kier alpha value is -3.96. The number of hydrogen-bond acceptors (Lipinski definition) is 10. The molecule has 0 aromatic heterocycles. The van der Waals surface area contributed by atoms with E-state index in [4.69, 9.17) is 9.47 Å². The molecule has 0 spiro atoms. The highest BCUT2D eigenvalue weighted by Gasteiger charge is 2.57. The van der Waals surface area contributed by atoms with E-state index in [0.717, 1.165) is 4.90 Å². The molecule has 0 saturated carbocycles. The highest BCUT2D eigenvalue weighted by Crippen LogP contribution is 2.55. The summed E-state index contributed by atoms with van der Waals surface area (Å²) in [7, 11) is 4.06. The molecule has 3 aliphatic heterocycles. The lowest BCUT2D eigenvalue weighted by Crippen LogP contribution is -2.65. The number of phenols is 2. The Balaban J connectivity index is 1.84. The van der Waals surface area contributed by atoms with Gasteiger partial charge in [0.2, 0.25) is 5.78 Å². The fourth-order valence-corrected chi connectivity index (χ4v) is 5.81. The van der Waals surface area contributed by atoms with Crippen LogP contribution in [0, 0.1) is 6.92 Å². The maximum atomic E-state index is 13.7. The number of piperazine rings is 1. The largest absolute Gasteiger partial charge is 0.507 e. The van der Waals surface area contributed by atoms with Gasteiger partial charge in [-0.15, -0.1) is 0 Å². The third kappa shape index (κ3) is 2.64. The van der Waals surface area contributed by atoms with E-state index in [-0.39, 0.29) is 50.6 Å². The van der Waals surface area contributed by atoms with Crippen molar-refractivity contribution < 1.29 is 44.0 Å². The first-order valence-electron chi connectivity index (χ1n) is 11.2. The zero-order valence-electron chi connectivity index (χ0n) is 20.2. The fourth-order valence-electron chi connectivity index (χ4n) is 5.81. The number of ketones is 3. The van der Waals surface area contributed by atoms with Crippen LogP contribution < -0.4 is 4.74 Å². The van der Waals surface area contributed by atoms with Crippen LogP contribution in [-0.4, -0.2) is 88.3 Å². The summed E-state index contributed by atoms with van der Waals surface area (Å²) in [4.78, 5) is 56.3. The highest BCUT2D eigenvalue weighted by atomic mass is 16.5. The van der Waals surface area contributed by atoms with E-state index in [9.17, 15) is 34.5 Å². The van der Waals surface area contributed by atoms with Gasteiger partial charge in [0.1, 0.15) is 5.75 Å². The number of aliphatic hydroxyl groups excluding tert-OH is 1. The number of benzene rings is 1. The van der Waals surface area contributed by atoms with Crippen molar-refractivity contribution in [3.63, 3.8) is 0 Å². The van der Waals surface area contributed by atoms with Crippen LogP contribution in [-0.2, 0) is 19.1 Å². The van der Waals surface area contributed by atoms with Crippen molar-refractivity contribution >= 4 is 23.3 Å². The van der Waals surface area contributed by atoms with Crippen molar-refractivity contribution in [2.24, 2.45) is 0 Å². The molecule has 11 nitrogen and oxygen atoms in total. The van der Waals surface area contributed by atoms with E-state index in [1.54, 1.807) is 0 Å². The summed E-state index contributed by atoms with van der Waals surface area (Å²) < 4.78 is 10.4. The summed E-state index contributed by atoms with van der Waals surface area (Å²) in [5.74, 6) is -3.68. The van der Waals surface area contributed by atoms with Gasteiger partial charge in [-0.3, -0.25) is 24.1 Å². The summed E-state index contributed by atoms with van der Waals surface area (Å²) >= 11 is 0. The van der Waals surface area contributed by atoms with Crippen molar-refractivity contribution in [3.8, 4) is 17.2 Å². The first-order valence-corrected chi connectivity index (χ1v) is 11.2. The number of carbonyl (C=O) groups excluding carboxylic acids is 4. The minimum Gasteiger partial charge on any atom is -0.507 e. The normalized spacial score (nSPS) is 25.6. The molecule has 1 aliphatic carbocycles. The number of ether oxygens (including phenoxy) is 2. The Morgan fingerprint density at radius 2 is 1.64 bits per heavy atom. The van der Waals surface area contributed by atoms with Gasteiger partial charge < -0.3 is 29.7 Å². The van der Waals surface area contributed by atoms with Crippen molar-refractivity contribution in [3.05, 3.63) is 50.9 Å². The molecule has 2 bridgehead atoms. The molecular formula is C25H24N2O9. The number of aromatic hydroxyl groups is 2. The third-order valence-corrected chi connectivity index (χ3v) is 7.47. The average Bonchev–Trinajstić information content (AvgIpc) is 2.84. The lowest BCUT2D eigenvalue weighted by molar-refractivity contribution is -0.141. The Bertz CT molecular complexity index is 1400. The number of Topliss-reactive ketones (excluding diaryl/α,β-unsaturated/α-hetero) is 3. The first kappa shape index (κ1) is 23.8. The van der Waals surface area contributed by atoms with Gasteiger partial charge in [-0.2, -0.15) is 0 Å². The molecule has 0 radical (unpaired) electrons. The second-order valence-electron chi connectivity index (χ2n) is 9.10. The van der Waals surface area contributed by atoms with Crippen LogP contribution in [0.1, 0.15) is 34.5 Å². The van der Waals surface area contributed by atoms with Crippen molar-refractivity contribution in [2.75, 3.05) is 27.9 Å². The van der Waals surface area contributed by atoms with Crippen LogP contribution in [0.25, 0.3) is 0 Å². The number of allylic oxidation sites excluding steroid dienone is 4. The first-order chi connectivity index (χ1) is 17.0. The summed E-state index contributed by atoms with van der Waals surface area (Å²) in [5, 5.41) is 32.4. The van der Waals surface area contributed by atoms with E-state index >= 15 is 0 Å². The van der Waals surface area contributed by atoms with Crippen molar-refractivity contribution in [1.29, 1.82) is 0 Å². The molecule has 3 atom stereocenters. The highest BCUT2D eigenvalue weighted by molar-refractivity contribution is 6.27. The minimum absolute atomic E-state index is 0.00243. The van der Waals surface area contributed by atoms with Gasteiger partial charge in [0, 0.05) is 33.5 Å². The number of carbonyl (C=O) groups is 4. The van der Waals surface area contributed by atoms with E-state index in [0.29, 0.717) is 0 Å². The lowest BCUT2D eigenvalue weighted by Gasteiger charge is -2.52. The number of likely N-dealkylation sites (N-methyl/N-ethyl adjacent to an activating group) is 1. The predicted molar refractivity (Wildman–Crippen MR) is 122 cm³/mol. The SMILES string of the molecule is COC1=C(C)C(=O)C2=C(C1=O)[C@H](CO)N1C(=O)[C@@H]3C(=O)c4c(O)c(C)c(OC)c(O)c4[C@@H](C1=C2)N3C. The van der Waals surface area contributed by atoms with Crippen molar-refractivity contribution in [1.82, 2.24) is 9.80 Å². The van der Waals surface area contributed by atoms with Crippen LogP contribution in [0.15, 0.2) is 34.3 Å². The van der Waals surface area contributed by atoms with E-state index < -0.39 is 59.5 Å². The average molecular weight is 496 g/mol. The van der Waals surface area contributed by atoms with Crippen LogP contribution in [0.3, 0.4) is 0 Å². The number of rotatable bonds is 3. The summed E-state index contributed by atoms with van der Waals surface area (Å²) in [6.07, 6.45) is 1.37. The number of hydrogen-bond donors (Lipinski definition) is 3. The molecule has 4 aliphatic rings. The molecular weight excluding hydrogens is 472 g/mol. The van der Waals surface area contributed by atoms with Gasteiger partial charge in [0.05, 0.1) is 38.5 Å². The topological polar surface area (TPSA) is 154 Å². The third-order valence-electron chi connectivity index (χ3n) is 7.47. The van der Waals surface area contributed by atoms with Crippen LogP contribution in [0.4, 0.5) is 0 Å². The fraction of sp³-hybridized carbons (Fsp3) is 0.360. The monoisotopic (exact) mass is 496 g/mol. The molecule has 11 heteroatoms. The lowest BCUT2D eigenvalue weighted by atomic mass is 9.75. The molecule has 0 unspecified atom stereocenters. The molecule has 3 N–H and O–H groups in total. The van der Waals surface area contributed by atoms with Crippen molar-refractivity contribution in [2.45, 2.75) is 32.0 Å². The van der Waals surface area contributed by atoms with Crippen LogP contribution in [0.5, 0.6) is 17.2 Å². The van der Waals surface area contributed by atoms with Gasteiger partial charge in [0.25, 0.3) is 5.91 Å². The maximum absolute atomic E-state index is 13.7. The zero-order chi connectivity index (χ0) is 26.4. The van der Waals surface area contributed by atoms with E-state index in [1.165, 1.54) is 46.1 Å². The zero-order valence-corrected chi connectivity index (χ0v) is 20.2. The molecule has 1 saturated heterocycles. The molecule has 1 amide bonds. The number of methoxy groups -OCH3 is 2. The molecule has 188 valence electrons. The molecule has 36 heavy (non-hydrogen) atoms. The summed E-state index contributed by atoms with van der Waals surface area (Å²) in [5.41, 5.74) is 0.0510. The quantitative estimate of drug-likeness (QED) is 0.305. The number of nitrogens with zero attached hydrogens (tertiary/aromatic N) is 2. The van der Waals surface area contributed by atoms with E-state index in [1.807, 2.05) is 0 Å². The Morgan fingerprint density at radius 1 is 0.972 bits per heavy atom.